The van der Waals surface area contributed by atoms with Crippen molar-refractivity contribution in [2.24, 2.45) is 0 Å². The van der Waals surface area contributed by atoms with Crippen LogP contribution in [0.5, 0.6) is 0 Å². The van der Waals surface area contributed by atoms with E-state index < -0.39 is 0 Å². The Kier molecular flexibility index (Phi) is 2.86. The molecule has 0 N–H and O–H groups in total. The minimum absolute atomic E-state index is 0.308. The van der Waals surface area contributed by atoms with Crippen molar-refractivity contribution in [3.05, 3.63) is 42.0 Å². The highest BCUT2D eigenvalue weighted by Gasteiger charge is 2.03. The number of aryl methyl sites for hydroxylation is 1. The summed E-state index contributed by atoms with van der Waals surface area (Å²) in [5, 5.41) is 0. The third-order valence-corrected chi connectivity index (χ3v) is 1.51. The zero-order chi connectivity index (χ0) is 8.97. The highest BCUT2D eigenvalue weighted by atomic mass is 16.5. The molecule has 0 amide bonds. The summed E-state index contributed by atoms with van der Waals surface area (Å²) in [7, 11) is 0. The molecule has 0 fully saturated rings. The molecule has 0 atom stereocenters. The molecular formula is C10H11O2. The molecule has 0 aliphatic heterocycles. The van der Waals surface area contributed by atoms with Gasteiger partial charge in [0.05, 0.1) is 5.56 Å². The summed E-state index contributed by atoms with van der Waals surface area (Å²) >= 11 is 0. The lowest BCUT2D eigenvalue weighted by atomic mass is 10.1. The monoisotopic (exact) mass is 163 g/mol. The number of hydrogen-bond donors (Lipinski definition) is 0. The van der Waals surface area contributed by atoms with Gasteiger partial charge in [0.1, 0.15) is 6.61 Å². The molecule has 0 saturated carbocycles. The molecule has 12 heavy (non-hydrogen) atoms. The molecule has 0 heterocycles. The Labute approximate surface area is 72.2 Å². The van der Waals surface area contributed by atoms with Gasteiger partial charge < -0.3 is 4.74 Å². The summed E-state index contributed by atoms with van der Waals surface area (Å²) in [6, 6.07) is 7.26. The number of carbonyl (C=O) groups is 1. The number of rotatable bonds is 2. The van der Waals surface area contributed by atoms with Crippen LogP contribution in [0.1, 0.15) is 22.8 Å². The molecule has 0 saturated heterocycles. The Bertz CT molecular complexity index is 262. The Morgan fingerprint density at radius 1 is 1.33 bits per heavy atom. The Morgan fingerprint density at radius 2 is 1.92 bits per heavy atom. The van der Waals surface area contributed by atoms with Crippen molar-refractivity contribution in [3.63, 3.8) is 0 Å². The fourth-order valence-corrected chi connectivity index (χ4v) is 0.865. The third-order valence-electron chi connectivity index (χ3n) is 1.51. The molecule has 0 bridgehead atoms. The molecule has 1 aromatic rings. The van der Waals surface area contributed by atoms with Gasteiger partial charge in [-0.15, -0.1) is 0 Å². The molecule has 1 rings (SSSR count). The summed E-state index contributed by atoms with van der Waals surface area (Å²) in [4.78, 5) is 11.1. The lowest BCUT2D eigenvalue weighted by Crippen LogP contribution is -2.01. The first-order valence-electron chi connectivity index (χ1n) is 3.79. The van der Waals surface area contributed by atoms with E-state index in [1.54, 1.807) is 19.1 Å². The van der Waals surface area contributed by atoms with Crippen molar-refractivity contribution in [1.82, 2.24) is 0 Å². The van der Waals surface area contributed by atoms with Crippen molar-refractivity contribution in [3.8, 4) is 0 Å². The molecule has 0 aliphatic carbocycles. The number of hydrogen-bond acceptors (Lipinski definition) is 2. The van der Waals surface area contributed by atoms with Gasteiger partial charge in [0.15, 0.2) is 0 Å². The van der Waals surface area contributed by atoms with E-state index in [0.29, 0.717) is 5.56 Å². The minimum Gasteiger partial charge on any atom is -0.455 e. The van der Waals surface area contributed by atoms with E-state index in [1.165, 1.54) is 6.61 Å². The molecule has 2 nitrogen and oxygen atoms in total. The van der Waals surface area contributed by atoms with Crippen LogP contribution in [0.15, 0.2) is 24.3 Å². The summed E-state index contributed by atoms with van der Waals surface area (Å²) in [6.45, 7) is 5.02. The molecule has 63 valence electrons. The highest BCUT2D eigenvalue weighted by Crippen LogP contribution is 2.04. The van der Waals surface area contributed by atoms with E-state index in [2.05, 4.69) is 0 Å². The Balaban J connectivity index is 2.75. The van der Waals surface area contributed by atoms with E-state index in [4.69, 9.17) is 4.74 Å². The second kappa shape index (κ2) is 3.90. The number of ether oxygens (including phenoxy) is 1. The van der Waals surface area contributed by atoms with Crippen LogP contribution in [0.25, 0.3) is 0 Å². The highest BCUT2D eigenvalue weighted by molar-refractivity contribution is 5.89. The zero-order valence-electron chi connectivity index (χ0n) is 7.20. The third kappa shape index (κ3) is 2.09. The molecule has 0 aromatic heterocycles. The topological polar surface area (TPSA) is 26.3 Å². The van der Waals surface area contributed by atoms with E-state index in [1.807, 2.05) is 19.1 Å². The van der Waals surface area contributed by atoms with E-state index in [9.17, 15) is 4.79 Å². The van der Waals surface area contributed by atoms with Gasteiger partial charge in [-0.2, -0.15) is 0 Å². The lowest BCUT2D eigenvalue weighted by Gasteiger charge is -2.00. The van der Waals surface area contributed by atoms with Crippen LogP contribution in [-0.4, -0.2) is 5.97 Å². The van der Waals surface area contributed by atoms with Gasteiger partial charge in [-0.1, -0.05) is 17.7 Å². The van der Waals surface area contributed by atoms with Crippen molar-refractivity contribution in [2.45, 2.75) is 13.8 Å². The number of esters is 1. The molecule has 2 heteroatoms. The normalized spacial score (nSPS) is 9.50. The second-order valence-electron chi connectivity index (χ2n) is 2.51. The predicted molar refractivity (Wildman–Crippen MR) is 46.6 cm³/mol. The minimum atomic E-state index is -0.308. The van der Waals surface area contributed by atoms with Gasteiger partial charge in [0.25, 0.3) is 0 Å². The van der Waals surface area contributed by atoms with Crippen molar-refractivity contribution >= 4 is 5.97 Å². The SMILES string of the molecule is C[CH]OC(=O)c1ccc(C)cc1. The van der Waals surface area contributed by atoms with E-state index in [-0.39, 0.29) is 5.97 Å². The van der Waals surface area contributed by atoms with Crippen molar-refractivity contribution in [1.29, 1.82) is 0 Å². The largest absolute Gasteiger partial charge is 0.455 e. The quantitative estimate of drug-likeness (QED) is 0.625. The Morgan fingerprint density at radius 3 is 2.42 bits per heavy atom. The standard InChI is InChI=1S/C10H11O2/c1-3-12-10(11)9-6-4-8(2)5-7-9/h3-7H,1-2H3. The molecule has 0 aliphatic rings. The van der Waals surface area contributed by atoms with Crippen LogP contribution in [-0.2, 0) is 4.74 Å². The van der Waals surface area contributed by atoms with Crippen LogP contribution in [0.2, 0.25) is 0 Å². The van der Waals surface area contributed by atoms with Crippen LogP contribution >= 0.6 is 0 Å². The number of carbonyl (C=O) groups excluding carboxylic acids is 1. The molecular weight excluding hydrogens is 152 g/mol. The molecule has 1 radical (unpaired) electrons. The average Bonchev–Trinajstić information content (AvgIpc) is 2.06. The first-order chi connectivity index (χ1) is 5.74. The summed E-state index contributed by atoms with van der Waals surface area (Å²) in [6.07, 6.45) is 0. The molecule has 1 aromatic carbocycles. The fourth-order valence-electron chi connectivity index (χ4n) is 0.865. The predicted octanol–water partition coefficient (Wildman–Crippen LogP) is 2.33. The Hall–Kier alpha value is -1.31. The van der Waals surface area contributed by atoms with Crippen molar-refractivity contribution < 1.29 is 9.53 Å². The van der Waals surface area contributed by atoms with Crippen LogP contribution < -0.4 is 0 Å². The van der Waals surface area contributed by atoms with Crippen molar-refractivity contribution in [2.75, 3.05) is 0 Å². The van der Waals surface area contributed by atoms with Gasteiger partial charge in [0, 0.05) is 0 Å². The summed E-state index contributed by atoms with van der Waals surface area (Å²) in [5.74, 6) is -0.308. The van der Waals surface area contributed by atoms with Gasteiger partial charge in [-0.3, -0.25) is 0 Å². The first-order valence-corrected chi connectivity index (χ1v) is 3.79. The molecule has 0 unspecified atom stereocenters. The van der Waals surface area contributed by atoms with Gasteiger partial charge in [0.2, 0.25) is 0 Å². The maximum absolute atomic E-state index is 11.1. The average molecular weight is 163 g/mol. The zero-order valence-corrected chi connectivity index (χ0v) is 7.20. The first kappa shape index (κ1) is 8.78. The summed E-state index contributed by atoms with van der Waals surface area (Å²) in [5.41, 5.74) is 1.71. The number of benzene rings is 1. The van der Waals surface area contributed by atoms with E-state index in [0.717, 1.165) is 5.56 Å². The van der Waals surface area contributed by atoms with Crippen LogP contribution in [0.4, 0.5) is 0 Å². The maximum Gasteiger partial charge on any atom is 0.338 e. The van der Waals surface area contributed by atoms with Gasteiger partial charge >= 0.3 is 5.97 Å². The smallest absolute Gasteiger partial charge is 0.338 e. The van der Waals surface area contributed by atoms with E-state index >= 15 is 0 Å². The maximum atomic E-state index is 11.1. The van der Waals surface area contributed by atoms with Crippen LogP contribution in [0, 0.1) is 13.5 Å². The van der Waals surface area contributed by atoms with Crippen LogP contribution in [0.3, 0.4) is 0 Å². The molecule has 0 spiro atoms. The fraction of sp³-hybridized carbons (Fsp3) is 0.200. The second-order valence-corrected chi connectivity index (χ2v) is 2.51. The lowest BCUT2D eigenvalue weighted by molar-refractivity contribution is 0.0612. The summed E-state index contributed by atoms with van der Waals surface area (Å²) < 4.78 is 4.70. The van der Waals surface area contributed by atoms with Gasteiger partial charge in [-0.05, 0) is 26.0 Å². The van der Waals surface area contributed by atoms with Gasteiger partial charge in [-0.25, -0.2) is 4.79 Å².